The van der Waals surface area contributed by atoms with Gasteiger partial charge in [-0.2, -0.15) is 0 Å². The highest BCUT2D eigenvalue weighted by atomic mass is 19.1. The molecule has 0 aliphatic heterocycles. The second-order valence-electron chi connectivity index (χ2n) is 4.85. The first kappa shape index (κ1) is 12.8. The van der Waals surface area contributed by atoms with Crippen molar-refractivity contribution in [2.45, 2.75) is 25.8 Å². The van der Waals surface area contributed by atoms with Crippen molar-refractivity contribution >= 4 is 5.91 Å². The number of allylic oxidation sites excluding steroid dienone is 2. The fourth-order valence-corrected chi connectivity index (χ4v) is 2.20. The van der Waals surface area contributed by atoms with Gasteiger partial charge in [-0.25, -0.2) is 4.39 Å². The van der Waals surface area contributed by atoms with Crippen molar-refractivity contribution < 1.29 is 9.18 Å². The lowest BCUT2D eigenvalue weighted by Crippen LogP contribution is -2.27. The third-order valence-electron chi connectivity index (χ3n) is 3.31. The van der Waals surface area contributed by atoms with Crippen molar-refractivity contribution in [3.8, 4) is 0 Å². The van der Waals surface area contributed by atoms with E-state index < -0.39 is 0 Å². The van der Waals surface area contributed by atoms with E-state index >= 15 is 0 Å². The largest absolute Gasteiger partial charge is 0.341 e. The van der Waals surface area contributed by atoms with E-state index in [1.165, 1.54) is 12.1 Å². The van der Waals surface area contributed by atoms with Crippen LogP contribution >= 0.6 is 0 Å². The minimum Gasteiger partial charge on any atom is -0.341 e. The summed E-state index contributed by atoms with van der Waals surface area (Å²) in [4.78, 5) is 13.7. The third kappa shape index (κ3) is 3.42. The number of amides is 1. The highest BCUT2D eigenvalue weighted by Gasteiger charge is 2.16. The van der Waals surface area contributed by atoms with Crippen molar-refractivity contribution in [1.82, 2.24) is 4.90 Å². The fraction of sp³-hybridized carbons (Fsp3) is 0.400. The highest BCUT2D eigenvalue weighted by Crippen LogP contribution is 2.21. The van der Waals surface area contributed by atoms with Gasteiger partial charge in [-0.3, -0.25) is 4.79 Å². The quantitative estimate of drug-likeness (QED) is 0.748. The van der Waals surface area contributed by atoms with Crippen molar-refractivity contribution in [3.63, 3.8) is 0 Å². The predicted octanol–water partition coefficient (Wildman–Crippen LogP) is 3.14. The topological polar surface area (TPSA) is 20.3 Å². The van der Waals surface area contributed by atoms with E-state index in [0.717, 1.165) is 18.4 Å². The number of halogens is 1. The van der Waals surface area contributed by atoms with Gasteiger partial charge >= 0.3 is 0 Å². The molecule has 1 aliphatic rings. The molecule has 0 fully saturated rings. The molecule has 1 atom stereocenters. The zero-order valence-electron chi connectivity index (χ0n) is 10.6. The Hall–Kier alpha value is -1.64. The fourth-order valence-electron chi connectivity index (χ4n) is 2.20. The van der Waals surface area contributed by atoms with Gasteiger partial charge in [-0.05, 0) is 36.5 Å². The van der Waals surface area contributed by atoms with Gasteiger partial charge in [0.25, 0.3) is 0 Å². The van der Waals surface area contributed by atoms with Crippen molar-refractivity contribution in [2.24, 2.45) is 5.92 Å². The van der Waals surface area contributed by atoms with Crippen molar-refractivity contribution in [2.75, 3.05) is 7.05 Å². The van der Waals surface area contributed by atoms with Crippen LogP contribution in [0.25, 0.3) is 0 Å². The van der Waals surface area contributed by atoms with Crippen LogP contribution in [0.5, 0.6) is 0 Å². The lowest BCUT2D eigenvalue weighted by atomic mass is 10.0. The maximum atomic E-state index is 12.8. The third-order valence-corrected chi connectivity index (χ3v) is 3.31. The Morgan fingerprint density at radius 1 is 1.39 bits per heavy atom. The van der Waals surface area contributed by atoms with Crippen LogP contribution in [0.3, 0.4) is 0 Å². The van der Waals surface area contributed by atoms with E-state index in [9.17, 15) is 9.18 Å². The molecule has 96 valence electrons. The summed E-state index contributed by atoms with van der Waals surface area (Å²) in [5.41, 5.74) is 0.953. The number of rotatable bonds is 4. The minimum atomic E-state index is -0.246. The predicted molar refractivity (Wildman–Crippen MR) is 69.4 cm³/mol. The standard InChI is InChI=1S/C15H18FNO/c1-17(11-13-6-8-14(16)9-7-13)15(18)10-12-4-2-3-5-12/h2,4,6-9,12H,3,5,10-11H2,1H3/t12-/m0/s1. The average molecular weight is 247 g/mol. The smallest absolute Gasteiger partial charge is 0.223 e. The molecule has 0 spiro atoms. The van der Waals surface area contributed by atoms with Crippen LogP contribution in [0.15, 0.2) is 36.4 Å². The second kappa shape index (κ2) is 5.80. The lowest BCUT2D eigenvalue weighted by Gasteiger charge is -2.19. The van der Waals surface area contributed by atoms with E-state index in [1.807, 2.05) is 0 Å². The monoisotopic (exact) mass is 247 g/mol. The van der Waals surface area contributed by atoms with Crippen LogP contribution in [0, 0.1) is 11.7 Å². The molecule has 0 saturated heterocycles. The van der Waals surface area contributed by atoms with E-state index in [4.69, 9.17) is 0 Å². The summed E-state index contributed by atoms with van der Waals surface area (Å²) in [7, 11) is 1.80. The molecule has 0 N–H and O–H groups in total. The van der Waals surface area contributed by atoms with Crippen LogP contribution in [-0.2, 0) is 11.3 Å². The van der Waals surface area contributed by atoms with Crippen LogP contribution < -0.4 is 0 Å². The van der Waals surface area contributed by atoms with Crippen molar-refractivity contribution in [1.29, 1.82) is 0 Å². The summed E-state index contributed by atoms with van der Waals surface area (Å²) < 4.78 is 12.8. The Balaban J connectivity index is 1.86. The summed E-state index contributed by atoms with van der Waals surface area (Å²) in [6.07, 6.45) is 7.01. The maximum absolute atomic E-state index is 12.8. The molecular weight excluding hydrogens is 229 g/mol. The van der Waals surface area contributed by atoms with E-state index in [2.05, 4.69) is 12.2 Å². The Bertz CT molecular complexity index is 438. The highest BCUT2D eigenvalue weighted by molar-refractivity contribution is 5.76. The van der Waals surface area contributed by atoms with Crippen molar-refractivity contribution in [3.05, 3.63) is 47.8 Å². The Morgan fingerprint density at radius 3 is 2.72 bits per heavy atom. The molecule has 0 unspecified atom stereocenters. The van der Waals surface area contributed by atoms with Gasteiger partial charge in [0.05, 0.1) is 0 Å². The summed E-state index contributed by atoms with van der Waals surface area (Å²) >= 11 is 0. The Morgan fingerprint density at radius 2 is 2.11 bits per heavy atom. The summed E-state index contributed by atoms with van der Waals surface area (Å²) in [6, 6.07) is 6.28. The number of hydrogen-bond acceptors (Lipinski definition) is 1. The van der Waals surface area contributed by atoms with E-state index in [1.54, 1.807) is 24.1 Å². The zero-order chi connectivity index (χ0) is 13.0. The zero-order valence-corrected chi connectivity index (χ0v) is 10.6. The first-order valence-electron chi connectivity index (χ1n) is 6.30. The second-order valence-corrected chi connectivity index (χ2v) is 4.85. The van der Waals surface area contributed by atoms with Gasteiger partial charge in [0.2, 0.25) is 5.91 Å². The summed E-state index contributed by atoms with van der Waals surface area (Å²) in [5, 5.41) is 0. The molecule has 1 aromatic rings. The van der Waals surface area contributed by atoms with Gasteiger partial charge in [0.15, 0.2) is 0 Å². The first-order chi connectivity index (χ1) is 8.65. The average Bonchev–Trinajstić information content (AvgIpc) is 2.85. The molecular formula is C15H18FNO. The van der Waals surface area contributed by atoms with Crippen LogP contribution in [0.4, 0.5) is 4.39 Å². The minimum absolute atomic E-state index is 0.149. The number of hydrogen-bond donors (Lipinski definition) is 0. The molecule has 0 bridgehead atoms. The summed E-state index contributed by atoms with van der Waals surface area (Å²) in [6.45, 7) is 0.537. The van der Waals surface area contributed by atoms with Gasteiger partial charge in [0.1, 0.15) is 5.82 Å². The van der Waals surface area contributed by atoms with E-state index in [-0.39, 0.29) is 11.7 Å². The molecule has 1 aromatic carbocycles. The molecule has 2 nitrogen and oxygen atoms in total. The van der Waals surface area contributed by atoms with Gasteiger partial charge in [0, 0.05) is 20.0 Å². The molecule has 0 saturated carbocycles. The van der Waals surface area contributed by atoms with Gasteiger partial charge in [-0.15, -0.1) is 0 Å². The van der Waals surface area contributed by atoms with Crippen LogP contribution in [-0.4, -0.2) is 17.9 Å². The molecule has 3 heteroatoms. The first-order valence-corrected chi connectivity index (χ1v) is 6.30. The Kier molecular flexibility index (Phi) is 4.13. The number of carbonyl (C=O) groups is 1. The SMILES string of the molecule is CN(Cc1ccc(F)cc1)C(=O)C[C@H]1C=CCC1. The normalized spacial score (nSPS) is 18.0. The van der Waals surface area contributed by atoms with Crippen LogP contribution in [0.2, 0.25) is 0 Å². The molecule has 1 aliphatic carbocycles. The number of benzene rings is 1. The molecule has 2 rings (SSSR count). The number of nitrogens with zero attached hydrogens (tertiary/aromatic N) is 1. The van der Waals surface area contributed by atoms with Gasteiger partial charge < -0.3 is 4.90 Å². The molecule has 18 heavy (non-hydrogen) atoms. The lowest BCUT2D eigenvalue weighted by molar-refractivity contribution is -0.131. The van der Waals surface area contributed by atoms with Gasteiger partial charge in [-0.1, -0.05) is 24.3 Å². The molecule has 0 radical (unpaired) electrons. The maximum Gasteiger partial charge on any atom is 0.223 e. The Labute approximate surface area is 107 Å². The summed E-state index contributed by atoms with van der Waals surface area (Å²) in [5.74, 6) is 0.299. The van der Waals surface area contributed by atoms with Crippen LogP contribution in [0.1, 0.15) is 24.8 Å². The molecule has 1 amide bonds. The molecule has 0 heterocycles. The number of carbonyl (C=O) groups excluding carboxylic acids is 1. The van der Waals surface area contributed by atoms with E-state index in [0.29, 0.717) is 18.9 Å². The molecule has 0 aromatic heterocycles.